The van der Waals surface area contributed by atoms with Gasteiger partial charge in [0.1, 0.15) is 12.4 Å². The minimum Gasteiger partial charge on any atom is -0.490 e. The minimum atomic E-state index is -3.58. The van der Waals surface area contributed by atoms with Crippen molar-refractivity contribution < 1.29 is 22.7 Å². The number of methoxy groups -OCH3 is 1. The van der Waals surface area contributed by atoms with E-state index in [1.54, 1.807) is 44.5 Å². The second kappa shape index (κ2) is 12.8. The summed E-state index contributed by atoms with van der Waals surface area (Å²) in [5.41, 5.74) is 0.868. The molecule has 1 saturated carbocycles. The number of rotatable bonds is 9. The quantitative estimate of drug-likeness (QED) is 0.330. The molecule has 0 saturated heterocycles. The average molecular weight is 585 g/mol. The van der Waals surface area contributed by atoms with Crippen molar-refractivity contribution in [1.29, 1.82) is 0 Å². The van der Waals surface area contributed by atoms with E-state index in [0.29, 0.717) is 30.2 Å². The Kier molecular flexibility index (Phi) is 10.0. The zero-order valence-electron chi connectivity index (χ0n) is 19.8. The highest BCUT2D eigenvalue weighted by molar-refractivity contribution is 9.10. The third-order valence-corrected chi connectivity index (χ3v) is 8.46. The second-order valence-electron chi connectivity index (χ2n) is 8.23. The molecule has 0 aliphatic heterocycles. The van der Waals surface area contributed by atoms with E-state index in [4.69, 9.17) is 21.7 Å². The number of ether oxygens (including phenoxy) is 2. The fourth-order valence-electron chi connectivity index (χ4n) is 3.89. The number of nitrogens with one attached hydrogen (secondary N) is 2. The summed E-state index contributed by atoms with van der Waals surface area (Å²) in [6, 6.07) is 11.5. The molecule has 2 aromatic carbocycles. The van der Waals surface area contributed by atoms with Gasteiger partial charge in [-0.3, -0.25) is 10.1 Å². The Morgan fingerprint density at radius 1 is 1.11 bits per heavy atom. The van der Waals surface area contributed by atoms with E-state index in [-0.39, 0.29) is 16.0 Å². The van der Waals surface area contributed by atoms with Crippen LogP contribution in [0.3, 0.4) is 0 Å². The van der Waals surface area contributed by atoms with Crippen molar-refractivity contribution >= 4 is 54.9 Å². The summed E-state index contributed by atoms with van der Waals surface area (Å²) in [5.74, 6) is -0.0354. The molecular weight excluding hydrogens is 554 g/mol. The van der Waals surface area contributed by atoms with Gasteiger partial charge >= 0.3 is 0 Å². The molecule has 8 nitrogen and oxygen atoms in total. The molecule has 1 aliphatic carbocycles. The smallest absolute Gasteiger partial charge is 0.261 e. The Morgan fingerprint density at radius 3 is 2.46 bits per heavy atom. The molecule has 0 bridgehead atoms. The number of halogens is 1. The Hall–Kier alpha value is -2.05. The molecular formula is C24H30BrN3O5S2. The lowest BCUT2D eigenvalue weighted by molar-refractivity contribution is 0.0969. The SMILES string of the molecule is COCCOc1ccc(Br)cc1C(=O)NC(=S)Nc1ccc(S(=O)(=O)N(C)C2CCCCC2)cc1. The van der Waals surface area contributed by atoms with Gasteiger partial charge < -0.3 is 14.8 Å². The predicted octanol–water partition coefficient (Wildman–Crippen LogP) is 4.55. The molecule has 3 rings (SSSR count). The van der Waals surface area contributed by atoms with Crippen molar-refractivity contribution in [2.24, 2.45) is 0 Å². The van der Waals surface area contributed by atoms with Crippen LogP contribution in [0.2, 0.25) is 0 Å². The zero-order valence-corrected chi connectivity index (χ0v) is 23.0. The van der Waals surface area contributed by atoms with E-state index in [9.17, 15) is 13.2 Å². The number of anilines is 1. The van der Waals surface area contributed by atoms with Crippen molar-refractivity contribution in [3.63, 3.8) is 0 Å². The maximum absolute atomic E-state index is 13.0. The number of carbonyl (C=O) groups is 1. The predicted molar refractivity (Wildman–Crippen MR) is 143 cm³/mol. The van der Waals surface area contributed by atoms with Gasteiger partial charge in [-0.1, -0.05) is 35.2 Å². The third-order valence-electron chi connectivity index (χ3n) is 5.84. The lowest BCUT2D eigenvalue weighted by atomic mass is 9.96. The Bertz CT molecular complexity index is 1140. The number of hydrogen-bond acceptors (Lipinski definition) is 6. The lowest BCUT2D eigenvalue weighted by Crippen LogP contribution is -2.38. The summed E-state index contributed by atoms with van der Waals surface area (Å²) in [4.78, 5) is 13.0. The maximum Gasteiger partial charge on any atom is 0.261 e. The third kappa shape index (κ3) is 7.47. The fourth-order valence-corrected chi connectivity index (χ4v) is 5.88. The van der Waals surface area contributed by atoms with Crippen molar-refractivity contribution in [2.75, 3.05) is 32.7 Å². The standard InChI is InChI=1S/C24H30BrN3O5S2/c1-28(19-6-4-3-5-7-19)35(30,31)20-11-9-18(10-12-20)26-24(34)27-23(29)21-16-17(25)8-13-22(21)33-15-14-32-2/h8-13,16,19H,3-7,14-15H2,1-2H3,(H2,26,27,29,34). The summed E-state index contributed by atoms with van der Waals surface area (Å²) < 4.78 is 38.9. The van der Waals surface area contributed by atoms with Gasteiger partial charge in [0.25, 0.3) is 5.91 Å². The molecule has 0 aromatic heterocycles. The van der Waals surface area contributed by atoms with Crippen LogP contribution < -0.4 is 15.4 Å². The maximum atomic E-state index is 13.0. The Morgan fingerprint density at radius 2 is 1.80 bits per heavy atom. The van der Waals surface area contributed by atoms with Gasteiger partial charge in [-0.25, -0.2) is 8.42 Å². The largest absolute Gasteiger partial charge is 0.490 e. The first kappa shape index (κ1) is 27.5. The van der Waals surface area contributed by atoms with E-state index < -0.39 is 15.9 Å². The molecule has 0 spiro atoms. The number of amides is 1. The summed E-state index contributed by atoms with van der Waals surface area (Å²) in [7, 11) is -0.363. The van der Waals surface area contributed by atoms with Crippen LogP contribution in [0.15, 0.2) is 51.8 Å². The first-order valence-corrected chi connectivity index (χ1v) is 14.0. The molecule has 2 N–H and O–H groups in total. The molecule has 1 fully saturated rings. The molecule has 0 radical (unpaired) electrons. The van der Waals surface area contributed by atoms with E-state index in [1.807, 2.05) is 0 Å². The number of nitrogens with zero attached hydrogens (tertiary/aromatic N) is 1. The molecule has 190 valence electrons. The number of hydrogen-bond donors (Lipinski definition) is 2. The van der Waals surface area contributed by atoms with Crippen molar-refractivity contribution in [3.8, 4) is 5.75 Å². The topological polar surface area (TPSA) is 97.0 Å². The normalized spacial score (nSPS) is 14.5. The Balaban J connectivity index is 1.63. The number of carbonyl (C=O) groups excluding carboxylic acids is 1. The summed E-state index contributed by atoms with van der Waals surface area (Å²) >= 11 is 8.65. The van der Waals surface area contributed by atoms with Crippen molar-refractivity contribution in [3.05, 3.63) is 52.5 Å². The fraction of sp³-hybridized carbons (Fsp3) is 0.417. The summed E-state index contributed by atoms with van der Waals surface area (Å²) in [6.07, 6.45) is 5.04. The lowest BCUT2D eigenvalue weighted by Gasteiger charge is -2.30. The van der Waals surface area contributed by atoms with Crippen LogP contribution in [0.5, 0.6) is 5.75 Å². The highest BCUT2D eigenvalue weighted by atomic mass is 79.9. The molecule has 0 heterocycles. The average Bonchev–Trinajstić information content (AvgIpc) is 2.85. The van der Waals surface area contributed by atoms with Gasteiger partial charge in [-0.05, 0) is 67.5 Å². The highest BCUT2D eigenvalue weighted by Gasteiger charge is 2.29. The van der Waals surface area contributed by atoms with E-state index in [2.05, 4.69) is 26.6 Å². The van der Waals surface area contributed by atoms with Gasteiger partial charge in [0.15, 0.2) is 5.11 Å². The van der Waals surface area contributed by atoms with Crippen LogP contribution in [0.4, 0.5) is 5.69 Å². The molecule has 0 atom stereocenters. The van der Waals surface area contributed by atoms with Gasteiger partial charge in [0.2, 0.25) is 10.0 Å². The molecule has 0 unspecified atom stereocenters. The van der Waals surface area contributed by atoms with Gasteiger partial charge in [-0.15, -0.1) is 0 Å². The number of benzene rings is 2. The van der Waals surface area contributed by atoms with E-state index in [0.717, 1.165) is 36.6 Å². The molecule has 1 aliphatic rings. The van der Waals surface area contributed by atoms with Crippen LogP contribution in [0.25, 0.3) is 0 Å². The zero-order chi connectivity index (χ0) is 25.4. The van der Waals surface area contributed by atoms with Crippen LogP contribution in [-0.4, -0.2) is 57.2 Å². The van der Waals surface area contributed by atoms with Crippen molar-refractivity contribution in [2.45, 2.75) is 43.0 Å². The summed E-state index contributed by atoms with van der Waals surface area (Å²) in [5, 5.41) is 5.63. The number of sulfonamides is 1. The minimum absolute atomic E-state index is 0.0377. The van der Waals surface area contributed by atoms with E-state index in [1.165, 1.54) is 16.4 Å². The van der Waals surface area contributed by atoms with Gasteiger partial charge in [0, 0.05) is 30.4 Å². The monoisotopic (exact) mass is 583 g/mol. The van der Waals surface area contributed by atoms with Gasteiger partial charge in [0.05, 0.1) is 17.1 Å². The molecule has 35 heavy (non-hydrogen) atoms. The van der Waals surface area contributed by atoms with Crippen LogP contribution in [-0.2, 0) is 14.8 Å². The molecule has 2 aromatic rings. The van der Waals surface area contributed by atoms with Crippen LogP contribution in [0.1, 0.15) is 42.5 Å². The first-order valence-electron chi connectivity index (χ1n) is 11.3. The Labute approximate surface area is 220 Å². The highest BCUT2D eigenvalue weighted by Crippen LogP contribution is 2.27. The number of thiocarbonyl (C=S) groups is 1. The second-order valence-corrected chi connectivity index (χ2v) is 11.5. The van der Waals surface area contributed by atoms with Crippen molar-refractivity contribution in [1.82, 2.24) is 9.62 Å². The molecule has 11 heteroatoms. The first-order chi connectivity index (χ1) is 16.7. The summed E-state index contributed by atoms with van der Waals surface area (Å²) in [6.45, 7) is 0.686. The van der Waals surface area contributed by atoms with E-state index >= 15 is 0 Å². The van der Waals surface area contributed by atoms with Crippen LogP contribution in [0, 0.1) is 0 Å². The molecule has 1 amide bonds. The van der Waals surface area contributed by atoms with Crippen LogP contribution >= 0.6 is 28.1 Å². The van der Waals surface area contributed by atoms with Gasteiger partial charge in [-0.2, -0.15) is 4.31 Å².